The van der Waals surface area contributed by atoms with Crippen molar-refractivity contribution in [3.05, 3.63) is 48.0 Å². The third-order valence-electron chi connectivity index (χ3n) is 3.30. The van der Waals surface area contributed by atoms with Gasteiger partial charge in [-0.15, -0.1) is 0 Å². The van der Waals surface area contributed by atoms with Crippen molar-refractivity contribution in [3.8, 4) is 0 Å². The fourth-order valence-corrected chi connectivity index (χ4v) is 2.06. The summed E-state index contributed by atoms with van der Waals surface area (Å²) in [5.74, 6) is 0.212. The van der Waals surface area contributed by atoms with Gasteiger partial charge in [-0.3, -0.25) is 0 Å². The van der Waals surface area contributed by atoms with Gasteiger partial charge in [0.1, 0.15) is 0 Å². The Labute approximate surface area is 113 Å². The molecule has 2 rings (SSSR count). The second-order valence-corrected chi connectivity index (χ2v) is 5.07. The first-order valence-corrected chi connectivity index (χ1v) is 6.69. The van der Waals surface area contributed by atoms with Crippen molar-refractivity contribution < 1.29 is 10.2 Å². The van der Waals surface area contributed by atoms with Crippen LogP contribution in [0.25, 0.3) is 10.8 Å². The van der Waals surface area contributed by atoms with Crippen molar-refractivity contribution in [3.63, 3.8) is 0 Å². The summed E-state index contributed by atoms with van der Waals surface area (Å²) in [4.78, 5) is 0. The predicted molar refractivity (Wildman–Crippen MR) is 78.0 cm³/mol. The van der Waals surface area contributed by atoms with Crippen LogP contribution in [-0.4, -0.2) is 29.9 Å². The van der Waals surface area contributed by atoms with Crippen LogP contribution in [0.2, 0.25) is 0 Å². The fraction of sp³-hybridized carbons (Fsp3) is 0.375. The first kappa shape index (κ1) is 14.0. The van der Waals surface area contributed by atoms with Crippen LogP contribution in [0.15, 0.2) is 42.5 Å². The molecule has 0 heterocycles. The van der Waals surface area contributed by atoms with E-state index >= 15 is 0 Å². The van der Waals surface area contributed by atoms with Gasteiger partial charge in [-0.2, -0.15) is 0 Å². The predicted octanol–water partition coefficient (Wildman–Crippen LogP) is 2.09. The van der Waals surface area contributed by atoms with E-state index < -0.39 is 6.10 Å². The molecule has 2 unspecified atom stereocenters. The monoisotopic (exact) mass is 259 g/mol. The molecule has 0 aliphatic heterocycles. The normalized spacial score (nSPS) is 14.5. The van der Waals surface area contributed by atoms with Gasteiger partial charge in [0.2, 0.25) is 0 Å². The number of hydrogen-bond acceptors (Lipinski definition) is 3. The molecule has 0 radical (unpaired) electrons. The van der Waals surface area contributed by atoms with E-state index in [9.17, 15) is 5.11 Å². The summed E-state index contributed by atoms with van der Waals surface area (Å²) in [7, 11) is 0. The minimum absolute atomic E-state index is 0.166. The molecule has 102 valence electrons. The van der Waals surface area contributed by atoms with Crippen molar-refractivity contribution in [2.75, 3.05) is 19.7 Å². The lowest BCUT2D eigenvalue weighted by molar-refractivity contribution is 0.168. The van der Waals surface area contributed by atoms with Crippen LogP contribution >= 0.6 is 0 Å². The van der Waals surface area contributed by atoms with Gasteiger partial charge >= 0.3 is 0 Å². The number of aliphatic hydroxyl groups excluding tert-OH is 2. The van der Waals surface area contributed by atoms with Crippen LogP contribution in [-0.2, 0) is 0 Å². The Morgan fingerprint density at radius 1 is 1.05 bits per heavy atom. The lowest BCUT2D eigenvalue weighted by atomic mass is 10.0. The van der Waals surface area contributed by atoms with Gasteiger partial charge in [0.05, 0.1) is 6.10 Å². The van der Waals surface area contributed by atoms with Gasteiger partial charge in [-0.1, -0.05) is 43.3 Å². The number of nitrogens with one attached hydrogen (secondary N) is 1. The highest BCUT2D eigenvalue weighted by Crippen LogP contribution is 2.20. The maximum Gasteiger partial charge on any atom is 0.0914 e. The molecule has 0 spiro atoms. The minimum atomic E-state index is -0.518. The summed E-state index contributed by atoms with van der Waals surface area (Å²) >= 11 is 0. The molecular weight excluding hydrogens is 238 g/mol. The molecule has 0 saturated heterocycles. The van der Waals surface area contributed by atoms with Crippen LogP contribution < -0.4 is 5.32 Å². The van der Waals surface area contributed by atoms with E-state index in [4.69, 9.17) is 5.11 Å². The molecule has 0 fully saturated rings. The van der Waals surface area contributed by atoms with Crippen molar-refractivity contribution in [1.29, 1.82) is 0 Å². The molecule has 2 aromatic carbocycles. The Bertz CT molecular complexity index is 527. The van der Waals surface area contributed by atoms with Crippen LogP contribution in [0.1, 0.15) is 18.6 Å². The Morgan fingerprint density at radius 3 is 2.53 bits per heavy atom. The smallest absolute Gasteiger partial charge is 0.0914 e. The van der Waals surface area contributed by atoms with Crippen molar-refractivity contribution in [2.45, 2.75) is 13.0 Å². The first-order chi connectivity index (χ1) is 9.20. The third-order valence-corrected chi connectivity index (χ3v) is 3.30. The van der Waals surface area contributed by atoms with Crippen LogP contribution in [0.3, 0.4) is 0 Å². The lowest BCUT2D eigenvalue weighted by Crippen LogP contribution is -2.27. The highest BCUT2D eigenvalue weighted by Gasteiger charge is 2.08. The summed E-state index contributed by atoms with van der Waals surface area (Å²) in [5.41, 5.74) is 0.919. The first-order valence-electron chi connectivity index (χ1n) is 6.69. The summed E-state index contributed by atoms with van der Waals surface area (Å²) in [5, 5.41) is 24.6. The van der Waals surface area contributed by atoms with Gasteiger partial charge in [0.25, 0.3) is 0 Å². The van der Waals surface area contributed by atoms with E-state index in [0.29, 0.717) is 13.1 Å². The molecule has 2 atom stereocenters. The van der Waals surface area contributed by atoms with Crippen molar-refractivity contribution in [1.82, 2.24) is 5.32 Å². The number of fused-ring (bicyclic) bond motifs is 1. The van der Waals surface area contributed by atoms with E-state index in [0.717, 1.165) is 10.9 Å². The maximum absolute atomic E-state index is 10.1. The zero-order chi connectivity index (χ0) is 13.7. The topological polar surface area (TPSA) is 52.5 Å². The zero-order valence-corrected chi connectivity index (χ0v) is 11.2. The van der Waals surface area contributed by atoms with E-state index in [1.807, 2.05) is 43.3 Å². The summed E-state index contributed by atoms with van der Waals surface area (Å²) < 4.78 is 0. The largest absolute Gasteiger partial charge is 0.396 e. The number of benzene rings is 2. The Morgan fingerprint density at radius 2 is 1.79 bits per heavy atom. The Kier molecular flexibility index (Phi) is 4.91. The average Bonchev–Trinajstić information content (AvgIpc) is 2.46. The fourth-order valence-electron chi connectivity index (χ4n) is 2.06. The Balaban J connectivity index is 1.99. The molecule has 19 heavy (non-hydrogen) atoms. The quantitative estimate of drug-likeness (QED) is 0.744. The molecule has 2 aromatic rings. The molecule has 0 aliphatic carbocycles. The SMILES string of the molecule is CC(CO)CNCC(O)c1ccc2ccccc2c1. The minimum Gasteiger partial charge on any atom is -0.396 e. The molecule has 0 amide bonds. The standard InChI is InChI=1S/C16H21NO2/c1-12(11-18)9-17-10-16(19)15-7-6-13-4-2-3-5-14(13)8-15/h2-8,12,16-19H,9-11H2,1H3. The van der Waals surface area contributed by atoms with Gasteiger partial charge in [0, 0.05) is 13.2 Å². The summed E-state index contributed by atoms with van der Waals surface area (Å²) in [6.07, 6.45) is -0.518. The molecule has 3 N–H and O–H groups in total. The zero-order valence-electron chi connectivity index (χ0n) is 11.2. The average molecular weight is 259 g/mol. The highest BCUT2D eigenvalue weighted by molar-refractivity contribution is 5.83. The van der Waals surface area contributed by atoms with E-state index in [2.05, 4.69) is 11.4 Å². The van der Waals surface area contributed by atoms with Gasteiger partial charge in [-0.05, 0) is 34.9 Å². The molecule has 0 aliphatic rings. The van der Waals surface area contributed by atoms with E-state index in [-0.39, 0.29) is 12.5 Å². The summed E-state index contributed by atoms with van der Waals surface area (Å²) in [6.45, 7) is 3.35. The van der Waals surface area contributed by atoms with Gasteiger partial charge in [0.15, 0.2) is 0 Å². The molecule has 3 nitrogen and oxygen atoms in total. The van der Waals surface area contributed by atoms with Crippen LogP contribution in [0.4, 0.5) is 0 Å². The molecule has 3 heteroatoms. The summed E-state index contributed by atoms with van der Waals surface area (Å²) in [6, 6.07) is 14.1. The van der Waals surface area contributed by atoms with Gasteiger partial charge in [-0.25, -0.2) is 0 Å². The molecule has 0 aromatic heterocycles. The lowest BCUT2D eigenvalue weighted by Gasteiger charge is -2.15. The van der Waals surface area contributed by atoms with Gasteiger partial charge < -0.3 is 15.5 Å². The second-order valence-electron chi connectivity index (χ2n) is 5.07. The third kappa shape index (κ3) is 3.77. The van der Waals surface area contributed by atoms with Crippen LogP contribution in [0, 0.1) is 5.92 Å². The van der Waals surface area contributed by atoms with Crippen molar-refractivity contribution in [2.24, 2.45) is 5.92 Å². The van der Waals surface area contributed by atoms with Crippen molar-refractivity contribution >= 4 is 10.8 Å². The molecule has 0 bridgehead atoms. The van der Waals surface area contributed by atoms with E-state index in [1.54, 1.807) is 0 Å². The molecular formula is C16H21NO2. The number of hydrogen-bond donors (Lipinski definition) is 3. The molecule has 0 saturated carbocycles. The highest BCUT2D eigenvalue weighted by atomic mass is 16.3. The number of aliphatic hydroxyl groups is 2. The maximum atomic E-state index is 10.1. The van der Waals surface area contributed by atoms with Crippen LogP contribution in [0.5, 0.6) is 0 Å². The van der Waals surface area contributed by atoms with E-state index in [1.165, 1.54) is 5.39 Å². The second kappa shape index (κ2) is 6.66. The Hall–Kier alpha value is -1.42. The number of rotatable bonds is 6.